The van der Waals surface area contributed by atoms with Gasteiger partial charge in [-0.2, -0.15) is 5.26 Å². The fourth-order valence-electron chi connectivity index (χ4n) is 2.55. The first-order chi connectivity index (χ1) is 10.4. The first-order valence-electron chi connectivity index (χ1n) is 7.62. The van der Waals surface area contributed by atoms with Crippen molar-refractivity contribution in [2.45, 2.75) is 45.3 Å². The summed E-state index contributed by atoms with van der Waals surface area (Å²) < 4.78 is 5.31. The van der Waals surface area contributed by atoms with Crippen molar-refractivity contribution in [1.29, 1.82) is 5.26 Å². The number of rotatable bonds is 2. The molecule has 0 bridgehead atoms. The molecule has 0 aromatic heterocycles. The average Bonchev–Trinajstić information content (AvgIpc) is 2.45. The summed E-state index contributed by atoms with van der Waals surface area (Å²) in [6, 6.07) is 9.75. The second-order valence-corrected chi connectivity index (χ2v) is 6.59. The second-order valence-electron chi connectivity index (χ2n) is 6.59. The SMILES string of the molecule is CC(C)(C)OC(=O)NC1CCCN(c2ccc(C#N)cc2)C1. The minimum absolute atomic E-state index is 0.0826. The highest BCUT2D eigenvalue weighted by Crippen LogP contribution is 2.20. The molecule has 0 spiro atoms. The topological polar surface area (TPSA) is 65.4 Å². The van der Waals surface area contributed by atoms with E-state index in [0.717, 1.165) is 31.6 Å². The fraction of sp³-hybridized carbons (Fsp3) is 0.529. The molecule has 1 fully saturated rings. The van der Waals surface area contributed by atoms with Crippen LogP contribution in [0.1, 0.15) is 39.2 Å². The highest BCUT2D eigenvalue weighted by atomic mass is 16.6. The van der Waals surface area contributed by atoms with Crippen molar-refractivity contribution >= 4 is 11.8 Å². The number of anilines is 1. The van der Waals surface area contributed by atoms with Crippen molar-refractivity contribution in [3.05, 3.63) is 29.8 Å². The van der Waals surface area contributed by atoms with E-state index in [2.05, 4.69) is 16.3 Å². The van der Waals surface area contributed by atoms with Crippen LogP contribution in [0.15, 0.2) is 24.3 Å². The van der Waals surface area contributed by atoms with Gasteiger partial charge in [0.25, 0.3) is 0 Å². The van der Waals surface area contributed by atoms with Gasteiger partial charge >= 0.3 is 6.09 Å². The van der Waals surface area contributed by atoms with Gasteiger partial charge < -0.3 is 15.0 Å². The maximum atomic E-state index is 11.9. The van der Waals surface area contributed by atoms with E-state index in [1.54, 1.807) is 0 Å². The Morgan fingerprint density at radius 3 is 2.64 bits per heavy atom. The number of alkyl carbamates (subject to hydrolysis) is 1. The van der Waals surface area contributed by atoms with E-state index in [4.69, 9.17) is 10.00 Å². The lowest BCUT2D eigenvalue weighted by Crippen LogP contribution is -2.49. The van der Waals surface area contributed by atoms with Gasteiger partial charge in [-0.25, -0.2) is 4.79 Å². The van der Waals surface area contributed by atoms with Crippen molar-refractivity contribution in [2.24, 2.45) is 0 Å². The van der Waals surface area contributed by atoms with Gasteiger partial charge in [0.05, 0.1) is 11.6 Å². The Kier molecular flexibility index (Phi) is 4.92. The van der Waals surface area contributed by atoms with Crippen LogP contribution in [-0.2, 0) is 4.74 Å². The van der Waals surface area contributed by atoms with Crippen LogP contribution < -0.4 is 10.2 Å². The predicted octanol–water partition coefficient (Wildman–Crippen LogP) is 3.05. The minimum atomic E-state index is -0.481. The lowest BCUT2D eigenvalue weighted by Gasteiger charge is -2.35. The molecule has 1 aliphatic rings. The number of carbonyl (C=O) groups excluding carboxylic acids is 1. The van der Waals surface area contributed by atoms with E-state index in [1.807, 2.05) is 45.0 Å². The number of hydrogen-bond donors (Lipinski definition) is 1. The molecular weight excluding hydrogens is 278 g/mol. The third-order valence-corrected chi connectivity index (χ3v) is 3.50. The molecule has 1 unspecified atom stereocenters. The quantitative estimate of drug-likeness (QED) is 0.911. The Morgan fingerprint density at radius 2 is 2.05 bits per heavy atom. The average molecular weight is 301 g/mol. The Hall–Kier alpha value is -2.22. The largest absolute Gasteiger partial charge is 0.444 e. The van der Waals surface area contributed by atoms with Gasteiger partial charge in [-0.05, 0) is 57.9 Å². The zero-order valence-electron chi connectivity index (χ0n) is 13.4. The van der Waals surface area contributed by atoms with Crippen molar-refractivity contribution in [1.82, 2.24) is 5.32 Å². The van der Waals surface area contributed by atoms with E-state index in [9.17, 15) is 4.79 Å². The number of carbonyl (C=O) groups is 1. The molecule has 1 atom stereocenters. The molecule has 22 heavy (non-hydrogen) atoms. The maximum absolute atomic E-state index is 11.9. The molecule has 1 N–H and O–H groups in total. The summed E-state index contributed by atoms with van der Waals surface area (Å²) in [6.07, 6.45) is 1.60. The highest BCUT2D eigenvalue weighted by Gasteiger charge is 2.24. The molecule has 1 heterocycles. The van der Waals surface area contributed by atoms with E-state index in [0.29, 0.717) is 5.56 Å². The summed E-state index contributed by atoms with van der Waals surface area (Å²) in [5.74, 6) is 0. The summed E-state index contributed by atoms with van der Waals surface area (Å²) in [5, 5.41) is 11.8. The summed E-state index contributed by atoms with van der Waals surface area (Å²) >= 11 is 0. The molecule has 1 aromatic carbocycles. The number of nitrogens with one attached hydrogen (secondary N) is 1. The second kappa shape index (κ2) is 6.69. The normalized spacial score (nSPS) is 18.5. The molecule has 118 valence electrons. The molecule has 0 radical (unpaired) electrons. The van der Waals surface area contributed by atoms with Crippen LogP contribution in [-0.4, -0.2) is 30.8 Å². The zero-order valence-corrected chi connectivity index (χ0v) is 13.4. The van der Waals surface area contributed by atoms with Gasteiger partial charge in [0.15, 0.2) is 0 Å². The van der Waals surface area contributed by atoms with E-state index < -0.39 is 5.60 Å². The van der Waals surface area contributed by atoms with Crippen LogP contribution in [0.5, 0.6) is 0 Å². The number of ether oxygens (including phenoxy) is 1. The first-order valence-corrected chi connectivity index (χ1v) is 7.62. The molecule has 5 heteroatoms. The lowest BCUT2D eigenvalue weighted by atomic mass is 10.0. The van der Waals surface area contributed by atoms with Gasteiger partial charge in [-0.15, -0.1) is 0 Å². The summed E-state index contributed by atoms with van der Waals surface area (Å²) in [6.45, 7) is 7.28. The Balaban J connectivity index is 1.94. The summed E-state index contributed by atoms with van der Waals surface area (Å²) in [7, 11) is 0. The van der Waals surface area contributed by atoms with Crippen molar-refractivity contribution in [3.8, 4) is 6.07 Å². The van der Waals surface area contributed by atoms with Gasteiger partial charge in [0.1, 0.15) is 5.60 Å². The summed E-state index contributed by atoms with van der Waals surface area (Å²) in [5.41, 5.74) is 1.25. The van der Waals surface area contributed by atoms with Crippen molar-refractivity contribution < 1.29 is 9.53 Å². The number of hydrogen-bond acceptors (Lipinski definition) is 4. The summed E-state index contributed by atoms with van der Waals surface area (Å²) in [4.78, 5) is 14.1. The number of amides is 1. The van der Waals surface area contributed by atoms with Gasteiger partial charge in [0, 0.05) is 24.8 Å². The molecule has 5 nitrogen and oxygen atoms in total. The fourth-order valence-corrected chi connectivity index (χ4v) is 2.55. The monoisotopic (exact) mass is 301 g/mol. The first kappa shape index (κ1) is 16.2. The molecule has 1 amide bonds. The van der Waals surface area contributed by atoms with Crippen LogP contribution in [0.2, 0.25) is 0 Å². The van der Waals surface area contributed by atoms with Crippen molar-refractivity contribution in [3.63, 3.8) is 0 Å². The Labute approximate surface area is 131 Å². The smallest absolute Gasteiger partial charge is 0.407 e. The number of nitriles is 1. The number of nitrogens with zero attached hydrogens (tertiary/aromatic N) is 2. The van der Waals surface area contributed by atoms with Gasteiger partial charge in [0.2, 0.25) is 0 Å². The zero-order chi connectivity index (χ0) is 16.2. The van der Waals surface area contributed by atoms with E-state index in [1.165, 1.54) is 0 Å². The lowest BCUT2D eigenvalue weighted by molar-refractivity contribution is 0.0500. The Morgan fingerprint density at radius 1 is 1.36 bits per heavy atom. The van der Waals surface area contributed by atoms with Crippen LogP contribution in [0, 0.1) is 11.3 Å². The van der Waals surface area contributed by atoms with Crippen LogP contribution >= 0.6 is 0 Å². The van der Waals surface area contributed by atoms with Crippen LogP contribution in [0.25, 0.3) is 0 Å². The third kappa shape index (κ3) is 4.66. The number of piperidine rings is 1. The standard InChI is InChI=1S/C17H23N3O2/c1-17(2,3)22-16(21)19-14-5-4-10-20(12-14)15-8-6-13(11-18)7-9-15/h6-9,14H,4-5,10,12H2,1-3H3,(H,19,21). The maximum Gasteiger partial charge on any atom is 0.407 e. The minimum Gasteiger partial charge on any atom is -0.444 e. The molecule has 1 aromatic rings. The van der Waals surface area contributed by atoms with Gasteiger partial charge in [-0.3, -0.25) is 0 Å². The number of benzene rings is 1. The van der Waals surface area contributed by atoms with Crippen LogP contribution in [0.4, 0.5) is 10.5 Å². The van der Waals surface area contributed by atoms with E-state index in [-0.39, 0.29) is 12.1 Å². The molecule has 1 saturated heterocycles. The highest BCUT2D eigenvalue weighted by molar-refractivity contribution is 5.68. The van der Waals surface area contributed by atoms with Crippen molar-refractivity contribution in [2.75, 3.05) is 18.0 Å². The van der Waals surface area contributed by atoms with Gasteiger partial charge in [-0.1, -0.05) is 0 Å². The van der Waals surface area contributed by atoms with Crippen LogP contribution in [0.3, 0.4) is 0 Å². The third-order valence-electron chi connectivity index (χ3n) is 3.50. The molecular formula is C17H23N3O2. The molecule has 0 aliphatic carbocycles. The molecule has 2 rings (SSSR count). The molecule has 1 aliphatic heterocycles. The van der Waals surface area contributed by atoms with E-state index >= 15 is 0 Å². The molecule has 0 saturated carbocycles. The predicted molar refractivity (Wildman–Crippen MR) is 85.8 cm³/mol. The Bertz CT molecular complexity index is 555.